The molecule has 0 aliphatic carbocycles. The number of rotatable bonds is 24. The van der Waals surface area contributed by atoms with Gasteiger partial charge in [-0.1, -0.05) is 34.5 Å². The van der Waals surface area contributed by atoms with Crippen molar-refractivity contribution in [2.75, 3.05) is 0 Å². The SMILES string of the molecule is CC(CC(CC(CC(CC(C#N)CC(CC(CC(CC(C)C(=O)O)/C(N)=N/O)C(=O)O)/C(N)=N/O)/C(N)=N/O)C(=O)O)/C(N)=N/O)C(=O)O. The van der Waals surface area contributed by atoms with Crippen molar-refractivity contribution in [3.05, 3.63) is 0 Å². The lowest BCUT2D eigenvalue weighted by atomic mass is 9.77. The molecule has 0 aromatic carbocycles. The summed E-state index contributed by atoms with van der Waals surface area (Å²) >= 11 is 0. The average Bonchev–Trinajstić information content (AvgIpc) is 3.06. The first-order chi connectivity index (χ1) is 22.9. The first-order valence-corrected chi connectivity index (χ1v) is 15.1. The molecule has 0 radical (unpaired) electrons. The molecular formula is C28H47N9O12. The molecule has 0 bridgehead atoms. The number of carbonyl (C=O) groups is 4. The number of amidine groups is 4. The molecule has 21 heteroatoms. The molecule has 0 fully saturated rings. The topological polar surface area (TPSA) is 407 Å². The first kappa shape index (κ1) is 43.4. The van der Waals surface area contributed by atoms with E-state index in [1.54, 1.807) is 0 Å². The van der Waals surface area contributed by atoms with Crippen molar-refractivity contribution in [2.24, 2.45) is 96.8 Å². The van der Waals surface area contributed by atoms with Crippen LogP contribution in [0.25, 0.3) is 0 Å². The third-order valence-electron chi connectivity index (χ3n) is 8.55. The normalized spacial score (nSPS) is 18.5. The number of oxime groups is 4. The summed E-state index contributed by atoms with van der Waals surface area (Å²) in [5, 5.41) is 97.6. The van der Waals surface area contributed by atoms with E-state index in [-0.39, 0.29) is 51.4 Å². The highest BCUT2D eigenvalue weighted by Crippen LogP contribution is 2.33. The predicted molar refractivity (Wildman–Crippen MR) is 169 cm³/mol. The van der Waals surface area contributed by atoms with E-state index in [9.17, 15) is 65.7 Å². The number of hydrogen-bond donors (Lipinski definition) is 12. The lowest BCUT2D eigenvalue weighted by Gasteiger charge is -2.28. The number of aliphatic carboxylic acids is 4. The minimum absolute atomic E-state index is 0.178. The van der Waals surface area contributed by atoms with E-state index in [2.05, 4.69) is 20.6 Å². The minimum Gasteiger partial charge on any atom is -0.481 e. The van der Waals surface area contributed by atoms with Gasteiger partial charge in [0.05, 0.1) is 29.7 Å². The molecule has 0 saturated carbocycles. The largest absolute Gasteiger partial charge is 0.481 e. The Morgan fingerprint density at radius 1 is 0.490 bits per heavy atom. The van der Waals surface area contributed by atoms with E-state index < -0.39 is 100 Å². The van der Waals surface area contributed by atoms with Gasteiger partial charge >= 0.3 is 23.9 Å². The van der Waals surface area contributed by atoms with Crippen molar-refractivity contribution in [3.8, 4) is 6.07 Å². The molecule has 49 heavy (non-hydrogen) atoms. The van der Waals surface area contributed by atoms with Crippen LogP contribution in [0.4, 0.5) is 0 Å². The van der Waals surface area contributed by atoms with Crippen molar-refractivity contribution >= 4 is 47.2 Å². The number of carboxylic acid groups (broad SMARTS) is 4. The second kappa shape index (κ2) is 21.3. The van der Waals surface area contributed by atoms with Crippen molar-refractivity contribution in [1.82, 2.24) is 0 Å². The Kier molecular flexibility index (Phi) is 18.9. The summed E-state index contributed by atoms with van der Waals surface area (Å²) in [6.45, 7) is 2.70. The van der Waals surface area contributed by atoms with Crippen LogP contribution in [0.2, 0.25) is 0 Å². The quantitative estimate of drug-likeness (QED) is 0.0282. The standard InChI is InChI=1S/C28H47N9O12/c1-12(25(38)39)3-15(21(30)34-46)7-19(27(42)43)9-17(23(32)36-48)5-14(11-29)6-18(24(33)37-49)10-20(28(44)45)8-16(22(31)35-47)4-13(2)26(40)41/h12-20,46-49H,3-10H2,1-2H3,(H2,30,34)(H2,31,35)(H2,32,36)(H2,33,37)(H,38,39)(H,40,41)(H,42,43)(H,44,45). The fraction of sp³-hybridized carbons (Fsp3) is 0.679. The van der Waals surface area contributed by atoms with E-state index in [0.29, 0.717) is 0 Å². The molecular weight excluding hydrogens is 654 g/mol. The van der Waals surface area contributed by atoms with E-state index in [1.807, 2.05) is 6.07 Å². The Morgan fingerprint density at radius 2 is 0.735 bits per heavy atom. The molecule has 0 heterocycles. The fourth-order valence-electron chi connectivity index (χ4n) is 5.59. The van der Waals surface area contributed by atoms with Crippen molar-refractivity contribution in [1.29, 1.82) is 5.26 Å². The maximum atomic E-state index is 12.3. The smallest absolute Gasteiger partial charge is 0.306 e. The molecule has 0 aromatic heterocycles. The Labute approximate surface area is 281 Å². The van der Waals surface area contributed by atoms with Crippen LogP contribution in [0.5, 0.6) is 0 Å². The number of hydrogen-bond acceptors (Lipinski definition) is 13. The maximum absolute atomic E-state index is 12.3. The van der Waals surface area contributed by atoms with Gasteiger partial charge in [0.15, 0.2) is 0 Å². The van der Waals surface area contributed by atoms with E-state index >= 15 is 0 Å². The summed E-state index contributed by atoms with van der Waals surface area (Å²) in [5.74, 6) is -16.8. The molecule has 0 aliphatic heterocycles. The monoisotopic (exact) mass is 701 g/mol. The van der Waals surface area contributed by atoms with Gasteiger partial charge < -0.3 is 64.2 Å². The number of nitrogens with zero attached hydrogens (tertiary/aromatic N) is 5. The third kappa shape index (κ3) is 14.8. The van der Waals surface area contributed by atoms with Crippen molar-refractivity contribution < 1.29 is 60.4 Å². The predicted octanol–water partition coefficient (Wildman–Crippen LogP) is 0.540. The van der Waals surface area contributed by atoms with Gasteiger partial charge in [0, 0.05) is 29.6 Å². The molecule has 21 nitrogen and oxygen atoms in total. The molecule has 8 atom stereocenters. The van der Waals surface area contributed by atoms with Gasteiger partial charge in [-0.25, -0.2) is 0 Å². The summed E-state index contributed by atoms with van der Waals surface area (Å²) in [6.07, 6.45) is -2.21. The van der Waals surface area contributed by atoms with E-state index in [4.69, 9.17) is 22.9 Å². The fourth-order valence-corrected chi connectivity index (χ4v) is 5.59. The van der Waals surface area contributed by atoms with Crippen molar-refractivity contribution in [2.45, 2.75) is 65.2 Å². The van der Waals surface area contributed by atoms with Crippen LogP contribution >= 0.6 is 0 Å². The Hall–Kier alpha value is -5.55. The zero-order valence-electron chi connectivity index (χ0n) is 27.1. The zero-order chi connectivity index (χ0) is 38.0. The van der Waals surface area contributed by atoms with E-state index in [0.717, 1.165) is 0 Å². The lowest BCUT2D eigenvalue weighted by Crippen LogP contribution is -2.35. The first-order valence-electron chi connectivity index (χ1n) is 15.1. The minimum atomic E-state index is -1.38. The highest BCUT2D eigenvalue weighted by Gasteiger charge is 2.35. The summed E-state index contributed by atoms with van der Waals surface area (Å²) in [4.78, 5) is 47.3. The molecule has 0 amide bonds. The van der Waals surface area contributed by atoms with Gasteiger partial charge in [-0.15, -0.1) is 0 Å². The molecule has 0 spiro atoms. The summed E-state index contributed by atoms with van der Waals surface area (Å²) in [6, 6.07) is 1.99. The average molecular weight is 702 g/mol. The second-order valence-corrected chi connectivity index (χ2v) is 12.1. The van der Waals surface area contributed by atoms with Crippen LogP contribution in [0, 0.1) is 64.6 Å². The van der Waals surface area contributed by atoms with Crippen molar-refractivity contribution in [3.63, 3.8) is 0 Å². The van der Waals surface area contributed by atoms with E-state index in [1.165, 1.54) is 13.8 Å². The van der Waals surface area contributed by atoms with Crippen LogP contribution in [-0.2, 0) is 19.2 Å². The highest BCUT2D eigenvalue weighted by molar-refractivity contribution is 5.86. The molecule has 16 N–H and O–H groups in total. The van der Waals surface area contributed by atoms with Gasteiger partial charge in [0.25, 0.3) is 0 Å². The van der Waals surface area contributed by atoms with Gasteiger partial charge in [0.2, 0.25) is 0 Å². The summed E-state index contributed by atoms with van der Waals surface area (Å²) in [7, 11) is 0. The number of nitrogens with two attached hydrogens (primary N) is 4. The Morgan fingerprint density at radius 3 is 0.918 bits per heavy atom. The molecule has 0 aromatic rings. The molecule has 0 aliphatic rings. The Bertz CT molecular complexity index is 1210. The van der Waals surface area contributed by atoms with Gasteiger partial charge in [-0.2, -0.15) is 5.26 Å². The summed E-state index contributed by atoms with van der Waals surface area (Å²) < 4.78 is 0. The van der Waals surface area contributed by atoms with Crippen LogP contribution in [0.15, 0.2) is 20.6 Å². The van der Waals surface area contributed by atoms with Crippen LogP contribution in [0.3, 0.4) is 0 Å². The van der Waals surface area contributed by atoms with Crippen LogP contribution < -0.4 is 22.9 Å². The number of nitriles is 1. The van der Waals surface area contributed by atoms with Gasteiger partial charge in [-0.05, 0) is 51.4 Å². The molecule has 0 saturated heterocycles. The molecule has 8 unspecified atom stereocenters. The Balaban J connectivity index is 6.34. The second-order valence-electron chi connectivity index (χ2n) is 12.1. The van der Waals surface area contributed by atoms with Gasteiger partial charge in [-0.3, -0.25) is 19.2 Å². The third-order valence-corrected chi connectivity index (χ3v) is 8.55. The lowest BCUT2D eigenvalue weighted by molar-refractivity contribution is -0.144. The van der Waals surface area contributed by atoms with Gasteiger partial charge in [0.1, 0.15) is 23.3 Å². The molecule has 276 valence electrons. The molecule has 0 rings (SSSR count). The summed E-state index contributed by atoms with van der Waals surface area (Å²) in [5.41, 5.74) is 23.2. The van der Waals surface area contributed by atoms with Crippen LogP contribution in [0.1, 0.15) is 65.2 Å². The van der Waals surface area contributed by atoms with Crippen LogP contribution in [-0.4, -0.2) is 88.5 Å². The zero-order valence-corrected chi connectivity index (χ0v) is 27.1. The highest BCUT2D eigenvalue weighted by atomic mass is 16.4. The maximum Gasteiger partial charge on any atom is 0.306 e. The number of carboxylic acids is 4.